The van der Waals surface area contributed by atoms with Gasteiger partial charge < -0.3 is 19.4 Å². The van der Waals surface area contributed by atoms with Crippen molar-refractivity contribution >= 4 is 11.6 Å². The fourth-order valence-electron chi connectivity index (χ4n) is 4.40. The van der Waals surface area contributed by atoms with Gasteiger partial charge in [0.2, 0.25) is 0 Å². The van der Waals surface area contributed by atoms with Crippen LogP contribution in [0.15, 0.2) is 12.4 Å². The summed E-state index contributed by atoms with van der Waals surface area (Å²) in [7, 11) is 4.03. The highest BCUT2D eigenvalue weighted by molar-refractivity contribution is 5.50. The van der Waals surface area contributed by atoms with Crippen LogP contribution in [0.25, 0.3) is 0 Å². The average molecular weight is 331 g/mol. The SMILES string of the molecule is CN(C)c1cc(N2C[C@@H]3[C@@H](CN4CCCCC4)CO[C@@H]3C2)ncn1. The van der Waals surface area contributed by atoms with Gasteiger partial charge in [-0.2, -0.15) is 0 Å². The van der Waals surface area contributed by atoms with Crippen LogP contribution in [0.2, 0.25) is 0 Å². The lowest BCUT2D eigenvalue weighted by Gasteiger charge is -2.30. The van der Waals surface area contributed by atoms with Gasteiger partial charge in [0.05, 0.1) is 12.7 Å². The summed E-state index contributed by atoms with van der Waals surface area (Å²) in [5, 5.41) is 0. The van der Waals surface area contributed by atoms with E-state index in [1.54, 1.807) is 6.33 Å². The third kappa shape index (κ3) is 3.22. The van der Waals surface area contributed by atoms with E-state index >= 15 is 0 Å². The first-order valence-corrected chi connectivity index (χ1v) is 9.29. The Bertz CT molecular complexity index is 560. The zero-order chi connectivity index (χ0) is 16.5. The summed E-state index contributed by atoms with van der Waals surface area (Å²) < 4.78 is 6.14. The molecule has 3 aliphatic heterocycles. The Morgan fingerprint density at radius 3 is 2.79 bits per heavy atom. The molecule has 4 heterocycles. The molecule has 3 fully saturated rings. The van der Waals surface area contributed by atoms with Crippen molar-refractivity contribution in [1.82, 2.24) is 14.9 Å². The standard InChI is InChI=1S/C18H29N5O/c1-21(2)17-8-18(20-13-19-17)23-10-15-14(12-24-16(15)11-23)9-22-6-4-3-5-7-22/h8,13-16H,3-7,9-12H2,1-2H3/t14-,15+,16+/m0/s1. The maximum Gasteiger partial charge on any atom is 0.134 e. The van der Waals surface area contributed by atoms with Gasteiger partial charge in [0.25, 0.3) is 0 Å². The number of nitrogens with zero attached hydrogens (tertiary/aromatic N) is 5. The lowest BCUT2D eigenvalue weighted by atomic mass is 9.92. The van der Waals surface area contributed by atoms with Crippen molar-refractivity contribution in [2.24, 2.45) is 11.8 Å². The molecule has 6 nitrogen and oxygen atoms in total. The molecular formula is C18H29N5O. The van der Waals surface area contributed by atoms with Crippen LogP contribution in [0.1, 0.15) is 19.3 Å². The van der Waals surface area contributed by atoms with Crippen LogP contribution in [-0.4, -0.2) is 74.4 Å². The number of likely N-dealkylation sites (tertiary alicyclic amines) is 1. The van der Waals surface area contributed by atoms with Crippen LogP contribution in [0.4, 0.5) is 11.6 Å². The summed E-state index contributed by atoms with van der Waals surface area (Å²) in [6.07, 6.45) is 6.17. The van der Waals surface area contributed by atoms with Crippen LogP contribution in [0.5, 0.6) is 0 Å². The molecule has 6 heteroatoms. The Morgan fingerprint density at radius 1 is 1.17 bits per heavy atom. The Balaban J connectivity index is 1.41. The predicted molar refractivity (Wildman–Crippen MR) is 95.6 cm³/mol. The lowest BCUT2D eigenvalue weighted by Crippen LogP contribution is -2.37. The van der Waals surface area contributed by atoms with Crippen molar-refractivity contribution in [3.05, 3.63) is 12.4 Å². The molecule has 0 N–H and O–H groups in total. The molecule has 132 valence electrons. The van der Waals surface area contributed by atoms with Gasteiger partial charge in [-0.25, -0.2) is 9.97 Å². The first-order valence-electron chi connectivity index (χ1n) is 9.29. The number of piperidine rings is 1. The Morgan fingerprint density at radius 2 is 2.00 bits per heavy atom. The van der Waals surface area contributed by atoms with E-state index in [1.165, 1.54) is 38.9 Å². The minimum atomic E-state index is 0.373. The number of aromatic nitrogens is 2. The quantitative estimate of drug-likeness (QED) is 0.833. The molecule has 1 aromatic heterocycles. The van der Waals surface area contributed by atoms with Gasteiger partial charge >= 0.3 is 0 Å². The van der Waals surface area contributed by atoms with Crippen molar-refractivity contribution in [2.45, 2.75) is 25.4 Å². The summed E-state index contributed by atoms with van der Waals surface area (Å²) in [4.78, 5) is 15.9. The molecule has 24 heavy (non-hydrogen) atoms. The van der Waals surface area contributed by atoms with Crippen LogP contribution in [-0.2, 0) is 4.74 Å². The highest BCUT2D eigenvalue weighted by atomic mass is 16.5. The molecule has 0 amide bonds. The van der Waals surface area contributed by atoms with Crippen molar-refractivity contribution in [3.63, 3.8) is 0 Å². The molecule has 0 spiro atoms. The van der Waals surface area contributed by atoms with E-state index < -0.39 is 0 Å². The number of fused-ring (bicyclic) bond motifs is 1. The van der Waals surface area contributed by atoms with Crippen molar-refractivity contribution in [2.75, 3.05) is 63.2 Å². The Hall–Kier alpha value is -1.40. The van der Waals surface area contributed by atoms with Gasteiger partial charge in [-0.1, -0.05) is 6.42 Å². The summed E-state index contributed by atoms with van der Waals surface area (Å²) in [5.74, 6) is 3.31. The Kier molecular flexibility index (Phi) is 4.59. The fraction of sp³-hybridized carbons (Fsp3) is 0.778. The summed E-state index contributed by atoms with van der Waals surface area (Å²) >= 11 is 0. The molecule has 0 aromatic carbocycles. The van der Waals surface area contributed by atoms with Gasteiger partial charge in [0, 0.05) is 51.6 Å². The van der Waals surface area contributed by atoms with Crippen molar-refractivity contribution in [3.8, 4) is 0 Å². The lowest BCUT2D eigenvalue weighted by molar-refractivity contribution is 0.107. The summed E-state index contributed by atoms with van der Waals surface area (Å²) in [6, 6.07) is 2.08. The molecule has 3 atom stereocenters. The van der Waals surface area contributed by atoms with Crippen LogP contribution >= 0.6 is 0 Å². The van der Waals surface area contributed by atoms with Gasteiger partial charge in [0.1, 0.15) is 18.0 Å². The van der Waals surface area contributed by atoms with Gasteiger partial charge in [-0.3, -0.25) is 0 Å². The van der Waals surface area contributed by atoms with E-state index in [9.17, 15) is 0 Å². The van der Waals surface area contributed by atoms with Crippen LogP contribution in [0, 0.1) is 11.8 Å². The monoisotopic (exact) mass is 331 g/mol. The highest BCUT2D eigenvalue weighted by Crippen LogP contribution is 2.36. The molecule has 4 rings (SSSR count). The van der Waals surface area contributed by atoms with Crippen molar-refractivity contribution < 1.29 is 4.74 Å². The van der Waals surface area contributed by atoms with E-state index in [4.69, 9.17) is 4.74 Å². The number of hydrogen-bond donors (Lipinski definition) is 0. The molecule has 0 bridgehead atoms. The fourth-order valence-corrected chi connectivity index (χ4v) is 4.40. The molecule has 3 saturated heterocycles. The zero-order valence-corrected chi connectivity index (χ0v) is 14.9. The second-order valence-electron chi connectivity index (χ2n) is 7.69. The number of ether oxygens (including phenoxy) is 1. The van der Waals surface area contributed by atoms with Crippen molar-refractivity contribution in [1.29, 1.82) is 0 Å². The van der Waals surface area contributed by atoms with Crippen LogP contribution in [0.3, 0.4) is 0 Å². The second-order valence-corrected chi connectivity index (χ2v) is 7.69. The summed E-state index contributed by atoms with van der Waals surface area (Å²) in [6.45, 7) is 6.72. The minimum absolute atomic E-state index is 0.373. The smallest absolute Gasteiger partial charge is 0.134 e. The third-order valence-corrected chi connectivity index (χ3v) is 5.80. The van der Waals surface area contributed by atoms with E-state index in [-0.39, 0.29) is 0 Å². The number of rotatable bonds is 4. The maximum atomic E-state index is 6.14. The first kappa shape index (κ1) is 16.1. The molecule has 0 aliphatic carbocycles. The largest absolute Gasteiger partial charge is 0.376 e. The second kappa shape index (κ2) is 6.84. The molecular weight excluding hydrogens is 302 g/mol. The number of hydrogen-bond acceptors (Lipinski definition) is 6. The van der Waals surface area contributed by atoms with E-state index in [2.05, 4.69) is 25.8 Å². The van der Waals surface area contributed by atoms with E-state index in [1.807, 2.05) is 19.0 Å². The zero-order valence-electron chi connectivity index (χ0n) is 14.9. The highest BCUT2D eigenvalue weighted by Gasteiger charge is 2.44. The Labute approximate surface area is 144 Å². The average Bonchev–Trinajstić information content (AvgIpc) is 3.18. The molecule has 0 radical (unpaired) electrons. The topological polar surface area (TPSA) is 44.7 Å². The van der Waals surface area contributed by atoms with Crippen LogP contribution < -0.4 is 9.80 Å². The maximum absolute atomic E-state index is 6.14. The molecule has 1 aromatic rings. The molecule has 0 saturated carbocycles. The molecule has 0 unspecified atom stereocenters. The normalized spacial score (nSPS) is 30.6. The third-order valence-electron chi connectivity index (χ3n) is 5.80. The summed E-state index contributed by atoms with van der Waals surface area (Å²) in [5.41, 5.74) is 0. The minimum Gasteiger partial charge on any atom is -0.376 e. The van der Waals surface area contributed by atoms with Gasteiger partial charge in [-0.05, 0) is 25.9 Å². The number of anilines is 2. The first-order chi connectivity index (χ1) is 11.7. The van der Waals surface area contributed by atoms with Gasteiger partial charge in [0.15, 0.2) is 0 Å². The predicted octanol–water partition coefficient (Wildman–Crippen LogP) is 1.48. The van der Waals surface area contributed by atoms with E-state index in [0.717, 1.165) is 31.3 Å². The van der Waals surface area contributed by atoms with Gasteiger partial charge in [-0.15, -0.1) is 0 Å². The van der Waals surface area contributed by atoms with E-state index in [0.29, 0.717) is 17.9 Å². The molecule has 3 aliphatic rings.